The highest BCUT2D eigenvalue weighted by atomic mass is 16.5. The average molecular weight is 288 g/mol. The van der Waals surface area contributed by atoms with Gasteiger partial charge in [-0.1, -0.05) is 26.0 Å². The van der Waals surface area contributed by atoms with E-state index in [0.29, 0.717) is 37.5 Å². The van der Waals surface area contributed by atoms with Gasteiger partial charge in [0.15, 0.2) is 0 Å². The number of nitrogens with zero attached hydrogens (tertiary/aromatic N) is 1. The van der Waals surface area contributed by atoms with Crippen molar-refractivity contribution < 1.29 is 9.53 Å². The van der Waals surface area contributed by atoms with Gasteiger partial charge in [0.05, 0.1) is 11.6 Å². The van der Waals surface area contributed by atoms with E-state index in [1.54, 1.807) is 12.1 Å². The summed E-state index contributed by atoms with van der Waals surface area (Å²) in [5.74, 6) is 0.607. The van der Waals surface area contributed by atoms with Gasteiger partial charge in [0.2, 0.25) is 5.91 Å². The second-order valence-electron chi connectivity index (χ2n) is 5.48. The minimum absolute atomic E-state index is 0.0585. The molecule has 0 aromatic heterocycles. The van der Waals surface area contributed by atoms with Gasteiger partial charge < -0.3 is 10.1 Å². The van der Waals surface area contributed by atoms with Crippen molar-refractivity contribution in [3.63, 3.8) is 0 Å². The number of amides is 1. The second kappa shape index (κ2) is 9.95. The van der Waals surface area contributed by atoms with E-state index in [1.807, 2.05) is 12.1 Å². The van der Waals surface area contributed by atoms with Gasteiger partial charge in [-0.15, -0.1) is 0 Å². The van der Waals surface area contributed by atoms with E-state index in [4.69, 9.17) is 10.00 Å². The molecule has 21 heavy (non-hydrogen) atoms. The van der Waals surface area contributed by atoms with Crippen molar-refractivity contribution in [2.45, 2.75) is 33.1 Å². The van der Waals surface area contributed by atoms with Crippen LogP contribution in [0.3, 0.4) is 0 Å². The summed E-state index contributed by atoms with van der Waals surface area (Å²) in [5, 5.41) is 11.6. The fraction of sp³-hybridized carbons (Fsp3) is 0.529. The molecular formula is C17H24N2O2. The van der Waals surface area contributed by atoms with Gasteiger partial charge in [0.25, 0.3) is 0 Å². The van der Waals surface area contributed by atoms with E-state index >= 15 is 0 Å². The molecule has 1 aromatic carbocycles. The van der Waals surface area contributed by atoms with Crippen LogP contribution in [-0.2, 0) is 16.0 Å². The first-order valence-corrected chi connectivity index (χ1v) is 7.45. The number of ether oxygens (including phenoxy) is 1. The number of nitriles is 1. The lowest BCUT2D eigenvalue weighted by Crippen LogP contribution is -2.25. The standard InChI is InChI=1S/C17H24N2O2/c1-14(2)13-21-11-3-10-19-17(20)9-8-15-4-6-16(12-18)7-5-15/h4-7,14H,3,8-11,13H2,1-2H3,(H,19,20). The number of hydrogen-bond acceptors (Lipinski definition) is 3. The maximum absolute atomic E-state index is 11.7. The van der Waals surface area contributed by atoms with Crippen molar-refractivity contribution >= 4 is 5.91 Å². The minimum atomic E-state index is 0.0585. The predicted octanol–water partition coefficient (Wildman–Crippen LogP) is 2.67. The largest absolute Gasteiger partial charge is 0.381 e. The van der Waals surface area contributed by atoms with E-state index in [1.165, 1.54) is 0 Å². The summed E-state index contributed by atoms with van der Waals surface area (Å²) >= 11 is 0. The van der Waals surface area contributed by atoms with Crippen molar-refractivity contribution in [2.75, 3.05) is 19.8 Å². The molecule has 114 valence electrons. The van der Waals surface area contributed by atoms with Crippen LogP contribution < -0.4 is 5.32 Å². The molecule has 0 atom stereocenters. The molecule has 1 rings (SSSR count). The Balaban J connectivity index is 2.09. The molecule has 0 aliphatic rings. The molecular weight excluding hydrogens is 264 g/mol. The fourth-order valence-corrected chi connectivity index (χ4v) is 1.81. The normalized spacial score (nSPS) is 10.4. The molecule has 0 radical (unpaired) electrons. The van der Waals surface area contributed by atoms with Crippen molar-refractivity contribution in [3.8, 4) is 6.07 Å². The summed E-state index contributed by atoms with van der Waals surface area (Å²) < 4.78 is 5.45. The van der Waals surface area contributed by atoms with Crippen molar-refractivity contribution in [2.24, 2.45) is 5.92 Å². The van der Waals surface area contributed by atoms with Crippen LogP contribution in [0.25, 0.3) is 0 Å². The summed E-state index contributed by atoms with van der Waals surface area (Å²) in [6.45, 7) is 6.35. The summed E-state index contributed by atoms with van der Waals surface area (Å²) in [6, 6.07) is 9.42. The van der Waals surface area contributed by atoms with Gasteiger partial charge in [0, 0.05) is 26.2 Å². The Labute approximate surface area is 127 Å². The molecule has 0 aliphatic carbocycles. The number of carbonyl (C=O) groups excluding carboxylic acids is 1. The predicted molar refractivity (Wildman–Crippen MR) is 82.8 cm³/mol. The lowest BCUT2D eigenvalue weighted by molar-refractivity contribution is -0.121. The first-order chi connectivity index (χ1) is 10.1. The van der Waals surface area contributed by atoms with Crippen LogP contribution >= 0.6 is 0 Å². The van der Waals surface area contributed by atoms with Crippen molar-refractivity contribution in [1.29, 1.82) is 5.26 Å². The highest BCUT2D eigenvalue weighted by Crippen LogP contribution is 2.05. The van der Waals surface area contributed by atoms with Crippen LogP contribution in [0.4, 0.5) is 0 Å². The molecule has 4 heteroatoms. The molecule has 0 bridgehead atoms. The first kappa shape index (κ1) is 17.2. The second-order valence-corrected chi connectivity index (χ2v) is 5.48. The molecule has 1 N–H and O–H groups in total. The number of benzene rings is 1. The average Bonchev–Trinajstić information content (AvgIpc) is 2.49. The quantitative estimate of drug-likeness (QED) is 0.711. The topological polar surface area (TPSA) is 62.1 Å². The Hall–Kier alpha value is -1.86. The smallest absolute Gasteiger partial charge is 0.220 e. The molecule has 0 unspecified atom stereocenters. The third-order valence-corrected chi connectivity index (χ3v) is 2.96. The molecule has 0 aliphatic heterocycles. The van der Waals surface area contributed by atoms with E-state index < -0.39 is 0 Å². The highest BCUT2D eigenvalue weighted by molar-refractivity contribution is 5.76. The van der Waals surface area contributed by atoms with E-state index in [2.05, 4.69) is 25.2 Å². The zero-order valence-electron chi connectivity index (χ0n) is 12.9. The van der Waals surface area contributed by atoms with Gasteiger partial charge in [-0.3, -0.25) is 4.79 Å². The highest BCUT2D eigenvalue weighted by Gasteiger charge is 2.02. The Kier molecular flexibility index (Phi) is 8.15. The molecule has 0 saturated carbocycles. The van der Waals surface area contributed by atoms with E-state index in [-0.39, 0.29) is 5.91 Å². The summed E-state index contributed by atoms with van der Waals surface area (Å²) in [4.78, 5) is 11.7. The van der Waals surface area contributed by atoms with Crippen molar-refractivity contribution in [3.05, 3.63) is 35.4 Å². The van der Waals surface area contributed by atoms with Crippen LogP contribution in [0, 0.1) is 17.2 Å². The number of aryl methyl sites for hydroxylation is 1. The molecule has 1 aromatic rings. The molecule has 0 heterocycles. The summed E-state index contributed by atoms with van der Waals surface area (Å²) in [7, 11) is 0. The molecule has 0 saturated heterocycles. The monoisotopic (exact) mass is 288 g/mol. The Morgan fingerprint density at radius 1 is 1.33 bits per heavy atom. The first-order valence-electron chi connectivity index (χ1n) is 7.45. The number of hydrogen-bond donors (Lipinski definition) is 1. The number of rotatable bonds is 9. The van der Waals surface area contributed by atoms with E-state index in [9.17, 15) is 4.79 Å². The summed E-state index contributed by atoms with van der Waals surface area (Å²) in [6.07, 6.45) is 2.01. The van der Waals surface area contributed by atoms with Gasteiger partial charge in [0.1, 0.15) is 0 Å². The van der Waals surface area contributed by atoms with E-state index in [0.717, 1.165) is 18.6 Å². The third-order valence-electron chi connectivity index (χ3n) is 2.96. The lowest BCUT2D eigenvalue weighted by atomic mass is 10.1. The summed E-state index contributed by atoms with van der Waals surface area (Å²) in [5.41, 5.74) is 1.72. The zero-order valence-corrected chi connectivity index (χ0v) is 12.9. The fourth-order valence-electron chi connectivity index (χ4n) is 1.81. The van der Waals surface area contributed by atoms with Crippen LogP contribution in [0.15, 0.2) is 24.3 Å². The lowest BCUT2D eigenvalue weighted by Gasteiger charge is -2.08. The SMILES string of the molecule is CC(C)COCCCNC(=O)CCc1ccc(C#N)cc1. The van der Waals surface area contributed by atoms with Crippen LogP contribution in [0.5, 0.6) is 0 Å². The number of carbonyl (C=O) groups is 1. The maximum atomic E-state index is 11.7. The van der Waals surface area contributed by atoms with Gasteiger partial charge in [-0.05, 0) is 36.5 Å². The van der Waals surface area contributed by atoms with Gasteiger partial charge >= 0.3 is 0 Å². The van der Waals surface area contributed by atoms with Crippen LogP contribution in [0.1, 0.15) is 37.8 Å². The molecule has 0 spiro atoms. The Morgan fingerprint density at radius 3 is 2.67 bits per heavy atom. The van der Waals surface area contributed by atoms with Crippen molar-refractivity contribution in [1.82, 2.24) is 5.32 Å². The number of nitrogens with one attached hydrogen (secondary N) is 1. The Bertz CT molecular complexity index is 461. The molecule has 4 nitrogen and oxygen atoms in total. The minimum Gasteiger partial charge on any atom is -0.381 e. The van der Waals surface area contributed by atoms with Crippen LogP contribution in [0.2, 0.25) is 0 Å². The maximum Gasteiger partial charge on any atom is 0.220 e. The third kappa shape index (κ3) is 8.11. The zero-order chi connectivity index (χ0) is 15.5. The van der Waals surface area contributed by atoms with Crippen LogP contribution in [-0.4, -0.2) is 25.7 Å². The molecule has 1 amide bonds. The molecule has 0 fully saturated rings. The van der Waals surface area contributed by atoms with Gasteiger partial charge in [-0.2, -0.15) is 5.26 Å². The Morgan fingerprint density at radius 2 is 2.05 bits per heavy atom. The van der Waals surface area contributed by atoms with Gasteiger partial charge in [-0.25, -0.2) is 0 Å².